The molecule has 4 fully saturated rings. The predicted molar refractivity (Wildman–Crippen MR) is 147 cm³/mol. The molecule has 0 amide bonds. The molecule has 5 nitrogen and oxygen atoms in total. The minimum Gasteiger partial charge on any atom is -0.469 e. The highest BCUT2D eigenvalue weighted by molar-refractivity contribution is 5.85. The van der Waals surface area contributed by atoms with Crippen LogP contribution in [0.5, 0.6) is 0 Å². The molecule has 0 N–H and O–H groups in total. The second-order valence-corrected chi connectivity index (χ2v) is 15.6. The topological polar surface area (TPSA) is 69.7 Å². The number of hydrogen-bond donors (Lipinski definition) is 0. The van der Waals surface area contributed by atoms with E-state index < -0.39 is 5.41 Å². The Morgan fingerprint density at radius 3 is 2.24 bits per heavy atom. The fourth-order valence-electron chi connectivity index (χ4n) is 11.0. The van der Waals surface area contributed by atoms with Crippen molar-refractivity contribution in [3.05, 3.63) is 11.6 Å². The van der Waals surface area contributed by atoms with E-state index in [1.165, 1.54) is 19.6 Å². The van der Waals surface area contributed by atoms with Crippen LogP contribution in [0.15, 0.2) is 11.6 Å². The zero-order chi connectivity index (χ0) is 28.1. The monoisotopic (exact) mass is 526 g/mol. The number of methoxy groups -OCH3 is 1. The van der Waals surface area contributed by atoms with E-state index in [9.17, 15) is 14.4 Å². The van der Waals surface area contributed by atoms with Gasteiger partial charge >= 0.3 is 11.9 Å². The number of hydrogen-bond acceptors (Lipinski definition) is 5. The largest absolute Gasteiger partial charge is 0.469 e. The number of ketones is 1. The molecule has 0 radical (unpaired) electrons. The van der Waals surface area contributed by atoms with Gasteiger partial charge in [-0.1, -0.05) is 60.1 Å². The minimum atomic E-state index is -0.653. The Labute approximate surface area is 229 Å². The minimum absolute atomic E-state index is 0.0119. The third-order valence-corrected chi connectivity index (χ3v) is 13.4. The maximum absolute atomic E-state index is 13.6. The van der Waals surface area contributed by atoms with E-state index in [1.54, 1.807) is 0 Å². The number of carbonyl (C=O) groups is 3. The Bertz CT molecular complexity index is 1080. The third kappa shape index (κ3) is 3.44. The van der Waals surface area contributed by atoms with Crippen molar-refractivity contribution in [2.45, 2.75) is 119 Å². The first kappa shape index (κ1) is 27.9. The van der Waals surface area contributed by atoms with Crippen LogP contribution in [0.3, 0.4) is 0 Å². The predicted octanol–water partition coefficient (Wildman–Crippen LogP) is 7.07. The lowest BCUT2D eigenvalue weighted by Crippen LogP contribution is -2.65. The Morgan fingerprint density at radius 1 is 0.921 bits per heavy atom. The summed E-state index contributed by atoms with van der Waals surface area (Å²) in [6.45, 7) is 17.7. The highest BCUT2D eigenvalue weighted by Gasteiger charge is 2.70. The van der Waals surface area contributed by atoms with Crippen LogP contribution in [0, 0.1) is 50.2 Å². The highest BCUT2D eigenvalue weighted by Crippen LogP contribution is 2.75. The normalized spacial score (nSPS) is 46.9. The molecule has 0 heterocycles. The first-order valence-electron chi connectivity index (χ1n) is 15.0. The van der Waals surface area contributed by atoms with Gasteiger partial charge in [0.15, 0.2) is 0 Å². The van der Waals surface area contributed by atoms with E-state index in [1.807, 2.05) is 0 Å². The molecular weight excluding hydrogens is 476 g/mol. The van der Waals surface area contributed by atoms with Crippen molar-refractivity contribution in [3.8, 4) is 0 Å². The lowest BCUT2D eigenvalue weighted by Gasteiger charge is -2.70. The standard InChI is InChI=1S/C33H50O5/c1-20(34)38-26-19-33(27(36)37-9)17-16-31(7)21(22(33)18-28(26,2)3)10-11-24-30(6)14-13-25(35)29(4,5)23(30)12-15-32(24,31)8/h10,22-24,26H,11-19H2,1-9H3/t22?,23?,24?,26?,30-,31+,32-,33-/m0/s1. The first-order valence-corrected chi connectivity index (χ1v) is 15.0. The fourth-order valence-corrected chi connectivity index (χ4v) is 11.0. The molecule has 5 heteroatoms. The zero-order valence-corrected chi connectivity index (χ0v) is 25.3. The van der Waals surface area contributed by atoms with Gasteiger partial charge in [0.1, 0.15) is 11.9 Å². The lowest BCUT2D eigenvalue weighted by atomic mass is 9.33. The number of esters is 2. The van der Waals surface area contributed by atoms with Crippen LogP contribution in [-0.4, -0.2) is 30.9 Å². The summed E-state index contributed by atoms with van der Waals surface area (Å²) in [6, 6.07) is 0. The molecule has 0 aromatic heterocycles. The van der Waals surface area contributed by atoms with Crippen molar-refractivity contribution in [3.63, 3.8) is 0 Å². The van der Waals surface area contributed by atoms with Crippen LogP contribution < -0.4 is 0 Å². The van der Waals surface area contributed by atoms with Gasteiger partial charge in [-0.25, -0.2) is 0 Å². The molecular formula is C33H50O5. The third-order valence-electron chi connectivity index (χ3n) is 13.4. The summed E-state index contributed by atoms with van der Waals surface area (Å²) >= 11 is 0. The Kier molecular flexibility index (Phi) is 6.19. The summed E-state index contributed by atoms with van der Waals surface area (Å²) < 4.78 is 11.3. The van der Waals surface area contributed by atoms with Crippen LogP contribution in [0.2, 0.25) is 0 Å². The van der Waals surface area contributed by atoms with Crippen molar-refractivity contribution >= 4 is 17.7 Å². The molecule has 212 valence electrons. The second kappa shape index (κ2) is 8.43. The maximum atomic E-state index is 13.6. The van der Waals surface area contributed by atoms with Gasteiger partial charge in [-0.15, -0.1) is 0 Å². The molecule has 0 aliphatic heterocycles. The highest BCUT2D eigenvalue weighted by atomic mass is 16.5. The van der Waals surface area contributed by atoms with E-state index in [2.05, 4.69) is 54.5 Å². The van der Waals surface area contributed by atoms with Gasteiger partial charge in [0.2, 0.25) is 0 Å². The van der Waals surface area contributed by atoms with Crippen molar-refractivity contribution in [1.29, 1.82) is 0 Å². The van der Waals surface area contributed by atoms with Gasteiger partial charge in [-0.2, -0.15) is 0 Å². The van der Waals surface area contributed by atoms with Gasteiger partial charge < -0.3 is 9.47 Å². The summed E-state index contributed by atoms with van der Waals surface area (Å²) in [5.74, 6) is 1.04. The Morgan fingerprint density at radius 2 is 1.61 bits per heavy atom. The van der Waals surface area contributed by atoms with Gasteiger partial charge in [-0.3, -0.25) is 14.4 Å². The van der Waals surface area contributed by atoms with Crippen molar-refractivity contribution < 1.29 is 23.9 Å². The van der Waals surface area contributed by atoms with Crippen LogP contribution in [0.25, 0.3) is 0 Å². The molecule has 0 bridgehead atoms. The average Bonchev–Trinajstić information content (AvgIpc) is 2.82. The van der Waals surface area contributed by atoms with Crippen LogP contribution in [0.4, 0.5) is 0 Å². The van der Waals surface area contributed by atoms with Crippen molar-refractivity contribution in [2.75, 3.05) is 7.11 Å². The molecule has 8 atom stereocenters. The Hall–Kier alpha value is -1.65. The molecule has 0 spiro atoms. The number of carbonyl (C=O) groups excluding carboxylic acids is 3. The number of fused-ring (bicyclic) bond motifs is 7. The maximum Gasteiger partial charge on any atom is 0.312 e. The second-order valence-electron chi connectivity index (χ2n) is 15.6. The molecule has 5 aliphatic rings. The molecule has 4 saturated carbocycles. The molecule has 38 heavy (non-hydrogen) atoms. The molecule has 5 rings (SSSR count). The molecule has 0 saturated heterocycles. The van der Waals surface area contributed by atoms with Gasteiger partial charge in [0, 0.05) is 30.6 Å². The molecule has 0 aromatic carbocycles. The fraction of sp³-hybridized carbons (Fsp3) is 0.848. The van der Waals surface area contributed by atoms with Gasteiger partial charge in [0.05, 0.1) is 12.5 Å². The van der Waals surface area contributed by atoms with Crippen molar-refractivity contribution in [1.82, 2.24) is 0 Å². The number of rotatable bonds is 2. The van der Waals surface area contributed by atoms with E-state index in [0.29, 0.717) is 30.5 Å². The summed E-state index contributed by atoms with van der Waals surface area (Å²) in [5, 5.41) is 0. The summed E-state index contributed by atoms with van der Waals surface area (Å²) in [6.07, 6.45) is 10.2. The molecule has 4 unspecified atom stereocenters. The summed E-state index contributed by atoms with van der Waals surface area (Å²) in [5.41, 5.74) is 0.542. The summed E-state index contributed by atoms with van der Waals surface area (Å²) in [7, 11) is 1.50. The smallest absolute Gasteiger partial charge is 0.312 e. The quantitative estimate of drug-likeness (QED) is 0.284. The van der Waals surface area contributed by atoms with Gasteiger partial charge in [-0.05, 0) is 78.9 Å². The average molecular weight is 527 g/mol. The SMILES string of the molecule is COC(=O)[C@]12CC[C@]3(C)C(=CCC4[C@@]5(C)CCC(=O)C(C)(C)C5CC[C@@]43C)C1CC(C)(C)C(OC(C)=O)C2. The lowest BCUT2D eigenvalue weighted by molar-refractivity contribution is -0.200. The number of allylic oxidation sites excluding steroid dienone is 2. The number of ether oxygens (including phenoxy) is 2. The van der Waals surface area contributed by atoms with E-state index in [4.69, 9.17) is 9.47 Å². The first-order chi connectivity index (χ1) is 17.5. The van der Waals surface area contributed by atoms with Crippen LogP contribution in [-0.2, 0) is 23.9 Å². The zero-order valence-electron chi connectivity index (χ0n) is 25.3. The summed E-state index contributed by atoms with van der Waals surface area (Å²) in [4.78, 5) is 38.6. The van der Waals surface area contributed by atoms with E-state index >= 15 is 0 Å². The Balaban J connectivity index is 1.59. The molecule has 5 aliphatic carbocycles. The molecule has 0 aromatic rings. The number of Topliss-reactive ketones (excluding diaryl/α,β-unsaturated/α-hetero) is 1. The van der Waals surface area contributed by atoms with Crippen molar-refractivity contribution in [2.24, 2.45) is 50.2 Å². The van der Waals surface area contributed by atoms with E-state index in [-0.39, 0.29) is 51.0 Å². The van der Waals surface area contributed by atoms with Gasteiger partial charge in [0.25, 0.3) is 0 Å². The van der Waals surface area contributed by atoms with E-state index in [0.717, 1.165) is 44.9 Å². The van der Waals surface area contributed by atoms with Crippen LogP contribution in [0.1, 0.15) is 113 Å². The van der Waals surface area contributed by atoms with Crippen LogP contribution >= 0.6 is 0 Å².